The van der Waals surface area contributed by atoms with Crippen LogP contribution in [0, 0.1) is 5.92 Å². The first-order valence-corrected chi connectivity index (χ1v) is 10.1. The van der Waals surface area contributed by atoms with E-state index in [9.17, 15) is 9.59 Å². The number of anilines is 1. The topological polar surface area (TPSA) is 78.4 Å². The molecule has 0 aromatic heterocycles. The van der Waals surface area contributed by atoms with Gasteiger partial charge >= 0.3 is 5.97 Å². The fourth-order valence-electron chi connectivity index (χ4n) is 4.15. The van der Waals surface area contributed by atoms with E-state index in [1.165, 1.54) is 5.56 Å². The number of rotatable bonds is 5. The van der Waals surface area contributed by atoms with Crippen LogP contribution in [-0.4, -0.2) is 23.5 Å². The molecule has 0 radical (unpaired) electrons. The summed E-state index contributed by atoms with van der Waals surface area (Å²) in [6.45, 7) is 0.125. The van der Waals surface area contributed by atoms with Crippen molar-refractivity contribution in [3.05, 3.63) is 75.8 Å². The first-order chi connectivity index (χ1) is 13.5. The van der Waals surface area contributed by atoms with E-state index in [1.54, 1.807) is 6.07 Å². The largest absolute Gasteiger partial charge is 0.481 e. The molecule has 6 heteroatoms. The lowest BCUT2D eigenvalue weighted by Gasteiger charge is -2.37. The van der Waals surface area contributed by atoms with Gasteiger partial charge in [-0.15, -0.1) is 0 Å². The summed E-state index contributed by atoms with van der Waals surface area (Å²) in [6.07, 6.45) is 5.36. The molecule has 1 amide bonds. The number of aliphatic carboxylic acids is 1. The second kappa shape index (κ2) is 7.80. The van der Waals surface area contributed by atoms with Crippen LogP contribution in [0.25, 0.3) is 0 Å². The maximum Gasteiger partial charge on any atom is 0.305 e. The number of amides is 1. The number of hydrogen-bond acceptors (Lipinski definition) is 3. The average Bonchev–Trinajstić information content (AvgIpc) is 3.16. The Morgan fingerprint density at radius 2 is 2.07 bits per heavy atom. The van der Waals surface area contributed by atoms with Gasteiger partial charge in [-0.1, -0.05) is 40.2 Å². The van der Waals surface area contributed by atoms with Crippen LogP contribution >= 0.6 is 15.9 Å². The van der Waals surface area contributed by atoms with Crippen molar-refractivity contribution >= 4 is 33.5 Å². The Morgan fingerprint density at radius 1 is 1.21 bits per heavy atom. The number of nitrogens with one attached hydrogen (secondary N) is 2. The van der Waals surface area contributed by atoms with Crippen molar-refractivity contribution in [2.75, 3.05) is 11.9 Å². The van der Waals surface area contributed by atoms with Crippen molar-refractivity contribution in [3.8, 4) is 0 Å². The molecule has 28 heavy (non-hydrogen) atoms. The molecular weight excluding hydrogens is 420 g/mol. The van der Waals surface area contributed by atoms with Crippen molar-refractivity contribution in [2.45, 2.75) is 24.8 Å². The fraction of sp³-hybridized carbons (Fsp3) is 0.273. The van der Waals surface area contributed by atoms with Gasteiger partial charge in [0.25, 0.3) is 5.91 Å². The Hall–Kier alpha value is -2.60. The Morgan fingerprint density at radius 3 is 2.86 bits per heavy atom. The molecule has 4 rings (SSSR count). The number of carbonyl (C=O) groups excluding carboxylic acids is 1. The Kier molecular flexibility index (Phi) is 5.22. The zero-order chi connectivity index (χ0) is 19.7. The average molecular weight is 441 g/mol. The number of benzene rings is 2. The summed E-state index contributed by atoms with van der Waals surface area (Å²) in [5.74, 6) is -0.511. The van der Waals surface area contributed by atoms with Crippen LogP contribution in [0.2, 0.25) is 0 Å². The van der Waals surface area contributed by atoms with Crippen molar-refractivity contribution in [1.29, 1.82) is 0 Å². The minimum absolute atomic E-state index is 0.0833. The molecule has 5 nitrogen and oxygen atoms in total. The van der Waals surface area contributed by atoms with E-state index in [4.69, 9.17) is 5.11 Å². The molecule has 0 saturated heterocycles. The van der Waals surface area contributed by atoms with Gasteiger partial charge in [-0.25, -0.2) is 0 Å². The van der Waals surface area contributed by atoms with Crippen molar-refractivity contribution in [3.63, 3.8) is 0 Å². The standard InChI is InChI=1S/C22H21BrN2O3/c23-15-4-1-3-13(11-15)21-17-6-2-5-16(17)18-12-14(7-8-19(18)25-21)22(28)24-10-9-20(26)27/h1-5,7-8,11-12,16-17,21,25H,6,9-10H2,(H,24,28)(H,26,27)/t16-,17+,21+/m1/s1. The first-order valence-electron chi connectivity index (χ1n) is 9.35. The zero-order valence-corrected chi connectivity index (χ0v) is 16.8. The highest BCUT2D eigenvalue weighted by Crippen LogP contribution is 2.50. The number of carboxylic acid groups (broad SMARTS) is 1. The van der Waals surface area contributed by atoms with Gasteiger partial charge in [0.05, 0.1) is 12.5 Å². The van der Waals surface area contributed by atoms with Crippen LogP contribution in [0.1, 0.15) is 46.3 Å². The van der Waals surface area contributed by atoms with Gasteiger partial charge in [-0.2, -0.15) is 0 Å². The molecule has 144 valence electrons. The zero-order valence-electron chi connectivity index (χ0n) is 15.2. The maximum atomic E-state index is 12.4. The highest BCUT2D eigenvalue weighted by atomic mass is 79.9. The quantitative estimate of drug-likeness (QED) is 0.598. The lowest BCUT2D eigenvalue weighted by molar-refractivity contribution is -0.136. The third-order valence-corrected chi connectivity index (χ3v) is 5.95. The summed E-state index contributed by atoms with van der Waals surface area (Å²) >= 11 is 3.56. The molecule has 0 fully saturated rings. The van der Waals surface area contributed by atoms with Crippen molar-refractivity contribution in [1.82, 2.24) is 5.32 Å². The van der Waals surface area contributed by atoms with Crippen LogP contribution in [0.5, 0.6) is 0 Å². The molecule has 1 aliphatic heterocycles. The monoisotopic (exact) mass is 440 g/mol. The van der Waals surface area contributed by atoms with E-state index in [2.05, 4.69) is 56.9 Å². The van der Waals surface area contributed by atoms with E-state index in [-0.39, 0.29) is 30.8 Å². The second-order valence-corrected chi connectivity index (χ2v) is 8.15. The Bertz CT molecular complexity index is 957. The first kappa shape index (κ1) is 18.7. The van der Waals surface area contributed by atoms with Crippen molar-refractivity contribution < 1.29 is 14.7 Å². The third-order valence-electron chi connectivity index (χ3n) is 5.46. The fourth-order valence-corrected chi connectivity index (χ4v) is 4.57. The van der Waals surface area contributed by atoms with Gasteiger partial charge in [-0.3, -0.25) is 9.59 Å². The summed E-state index contributed by atoms with van der Waals surface area (Å²) in [6, 6.07) is 14.3. The number of carboxylic acids is 1. The summed E-state index contributed by atoms with van der Waals surface area (Å²) in [7, 11) is 0. The predicted molar refractivity (Wildman–Crippen MR) is 112 cm³/mol. The maximum absolute atomic E-state index is 12.4. The van der Waals surface area contributed by atoms with Crippen LogP contribution in [0.3, 0.4) is 0 Å². The highest BCUT2D eigenvalue weighted by Gasteiger charge is 2.38. The molecule has 0 saturated carbocycles. The van der Waals surface area contributed by atoms with Crippen LogP contribution in [-0.2, 0) is 4.79 Å². The summed E-state index contributed by atoms with van der Waals surface area (Å²) in [5.41, 5.74) is 3.97. The van der Waals surface area contributed by atoms with Crippen LogP contribution in [0.15, 0.2) is 59.1 Å². The lowest BCUT2D eigenvalue weighted by Crippen LogP contribution is -2.30. The molecule has 3 N–H and O–H groups in total. The number of allylic oxidation sites excluding steroid dienone is 2. The summed E-state index contributed by atoms with van der Waals surface area (Å²) in [5, 5.41) is 15.1. The number of carbonyl (C=O) groups is 2. The van der Waals surface area contributed by atoms with E-state index < -0.39 is 5.97 Å². The Balaban J connectivity index is 1.60. The molecule has 2 aromatic rings. The second-order valence-electron chi connectivity index (χ2n) is 7.23. The molecule has 0 bridgehead atoms. The minimum atomic E-state index is -0.924. The lowest BCUT2D eigenvalue weighted by atomic mass is 9.76. The van der Waals surface area contributed by atoms with Crippen LogP contribution in [0.4, 0.5) is 5.69 Å². The molecule has 2 aliphatic rings. The van der Waals surface area contributed by atoms with Crippen molar-refractivity contribution in [2.24, 2.45) is 5.92 Å². The smallest absolute Gasteiger partial charge is 0.305 e. The van der Waals surface area contributed by atoms with Gasteiger partial charge in [0.15, 0.2) is 0 Å². The molecule has 3 atom stereocenters. The minimum Gasteiger partial charge on any atom is -0.481 e. The van der Waals surface area contributed by atoms with E-state index >= 15 is 0 Å². The SMILES string of the molecule is O=C(O)CCNC(=O)c1ccc2c(c1)[C@@H]1C=CC[C@@H]1[C@H](c1cccc(Br)c1)N2. The van der Waals surface area contributed by atoms with E-state index in [0.717, 1.165) is 22.1 Å². The highest BCUT2D eigenvalue weighted by molar-refractivity contribution is 9.10. The van der Waals surface area contributed by atoms with Gasteiger partial charge in [0.2, 0.25) is 0 Å². The van der Waals surface area contributed by atoms with E-state index in [0.29, 0.717) is 11.5 Å². The predicted octanol–water partition coefficient (Wildman–Crippen LogP) is 4.48. The molecule has 2 aromatic carbocycles. The molecule has 1 heterocycles. The molecular formula is C22H21BrN2O3. The van der Waals surface area contributed by atoms with Gasteiger partial charge in [-0.05, 0) is 53.8 Å². The van der Waals surface area contributed by atoms with Gasteiger partial charge in [0, 0.05) is 28.2 Å². The summed E-state index contributed by atoms with van der Waals surface area (Å²) in [4.78, 5) is 23.0. The summed E-state index contributed by atoms with van der Waals surface area (Å²) < 4.78 is 1.06. The van der Waals surface area contributed by atoms with Gasteiger partial charge in [0.1, 0.15) is 0 Å². The molecule has 0 unspecified atom stereocenters. The van der Waals surface area contributed by atoms with Gasteiger partial charge < -0.3 is 15.7 Å². The number of hydrogen-bond donors (Lipinski definition) is 3. The Labute approximate surface area is 172 Å². The van der Waals surface area contributed by atoms with Crippen LogP contribution < -0.4 is 10.6 Å². The van der Waals surface area contributed by atoms with E-state index in [1.807, 2.05) is 18.2 Å². The normalized spacial score (nSPS) is 22.1. The molecule has 0 spiro atoms. The third kappa shape index (κ3) is 3.69. The molecule has 1 aliphatic carbocycles. The number of fused-ring (bicyclic) bond motifs is 3. The number of halogens is 1.